The van der Waals surface area contributed by atoms with E-state index < -0.39 is 11.7 Å². The summed E-state index contributed by atoms with van der Waals surface area (Å²) < 4.78 is 38.9. The van der Waals surface area contributed by atoms with Gasteiger partial charge in [-0.3, -0.25) is 4.79 Å². The second-order valence-electron chi connectivity index (χ2n) is 7.11. The van der Waals surface area contributed by atoms with E-state index in [2.05, 4.69) is 0 Å². The van der Waals surface area contributed by atoms with Gasteiger partial charge in [0.25, 0.3) is 5.91 Å². The van der Waals surface area contributed by atoms with Gasteiger partial charge < -0.3 is 10.0 Å². The summed E-state index contributed by atoms with van der Waals surface area (Å²) in [4.78, 5) is 14.4. The molecule has 1 saturated heterocycles. The molecule has 1 N–H and O–H groups in total. The Labute approximate surface area is 156 Å². The molecular weight excluding hydrogens is 355 g/mol. The largest absolute Gasteiger partial charge is 0.416 e. The maximum atomic E-state index is 13.0. The number of aryl methyl sites for hydroxylation is 1. The lowest BCUT2D eigenvalue weighted by Gasteiger charge is -2.19. The lowest BCUT2D eigenvalue weighted by atomic mass is 9.98. The standard InChI is InChI=1S/C21H22F3NO2/c1-14-2-7-18(21(22,23)24)11-19(14)20(27)25-9-8-17(12-25)10-15-3-5-16(13-26)6-4-15/h2-7,11,17,26H,8-10,12-13H2,1H3. The zero-order valence-electron chi connectivity index (χ0n) is 15.1. The summed E-state index contributed by atoms with van der Waals surface area (Å²) in [6.45, 7) is 2.75. The van der Waals surface area contributed by atoms with Gasteiger partial charge >= 0.3 is 6.18 Å². The minimum atomic E-state index is -4.46. The Balaban J connectivity index is 1.68. The number of carbonyl (C=O) groups excluding carboxylic acids is 1. The van der Waals surface area contributed by atoms with Crippen LogP contribution in [-0.2, 0) is 19.2 Å². The number of amides is 1. The van der Waals surface area contributed by atoms with E-state index in [1.165, 1.54) is 6.07 Å². The Morgan fingerprint density at radius 1 is 1.15 bits per heavy atom. The molecule has 0 spiro atoms. The number of likely N-dealkylation sites (tertiary alicyclic amines) is 1. The zero-order chi connectivity index (χ0) is 19.6. The van der Waals surface area contributed by atoms with Gasteiger partial charge in [-0.15, -0.1) is 0 Å². The second-order valence-corrected chi connectivity index (χ2v) is 7.11. The third-order valence-corrected chi connectivity index (χ3v) is 5.10. The van der Waals surface area contributed by atoms with Crippen molar-refractivity contribution in [1.82, 2.24) is 4.90 Å². The Kier molecular flexibility index (Phi) is 5.56. The molecule has 0 radical (unpaired) electrons. The highest BCUT2D eigenvalue weighted by atomic mass is 19.4. The summed E-state index contributed by atoms with van der Waals surface area (Å²) in [5, 5.41) is 9.09. The van der Waals surface area contributed by atoms with Crippen molar-refractivity contribution >= 4 is 5.91 Å². The van der Waals surface area contributed by atoms with E-state index >= 15 is 0 Å². The van der Waals surface area contributed by atoms with E-state index in [1.54, 1.807) is 11.8 Å². The Hall–Kier alpha value is -2.34. The first-order valence-electron chi connectivity index (χ1n) is 8.93. The molecule has 3 nitrogen and oxygen atoms in total. The van der Waals surface area contributed by atoms with Gasteiger partial charge in [-0.2, -0.15) is 13.2 Å². The van der Waals surface area contributed by atoms with Crippen molar-refractivity contribution in [2.45, 2.75) is 32.5 Å². The molecular formula is C21H22F3NO2. The molecule has 0 aromatic heterocycles. The number of hydrogen-bond acceptors (Lipinski definition) is 2. The van der Waals surface area contributed by atoms with Crippen LogP contribution in [0.2, 0.25) is 0 Å². The number of nitrogens with zero attached hydrogens (tertiary/aromatic N) is 1. The molecule has 6 heteroatoms. The lowest BCUT2D eigenvalue weighted by Crippen LogP contribution is -2.29. The first kappa shape index (κ1) is 19.4. The van der Waals surface area contributed by atoms with Crippen molar-refractivity contribution in [1.29, 1.82) is 0 Å². The highest BCUT2D eigenvalue weighted by Crippen LogP contribution is 2.31. The van der Waals surface area contributed by atoms with Crippen molar-refractivity contribution in [2.75, 3.05) is 13.1 Å². The number of aliphatic hydroxyl groups is 1. The van der Waals surface area contributed by atoms with Crippen LogP contribution >= 0.6 is 0 Å². The van der Waals surface area contributed by atoms with Crippen LogP contribution in [0.1, 0.15) is 39.0 Å². The number of benzene rings is 2. The van der Waals surface area contributed by atoms with Crippen LogP contribution in [0.4, 0.5) is 13.2 Å². The quantitative estimate of drug-likeness (QED) is 0.867. The van der Waals surface area contributed by atoms with Crippen molar-refractivity contribution in [3.63, 3.8) is 0 Å². The average molecular weight is 377 g/mol. The van der Waals surface area contributed by atoms with Crippen molar-refractivity contribution in [2.24, 2.45) is 5.92 Å². The van der Waals surface area contributed by atoms with E-state index in [4.69, 9.17) is 5.11 Å². The fourth-order valence-corrected chi connectivity index (χ4v) is 3.50. The molecule has 2 aromatic rings. The SMILES string of the molecule is Cc1ccc(C(F)(F)F)cc1C(=O)N1CCC(Cc2ccc(CO)cc2)C1. The maximum Gasteiger partial charge on any atom is 0.416 e. The summed E-state index contributed by atoms with van der Waals surface area (Å²) in [6.07, 6.45) is -2.83. The van der Waals surface area contributed by atoms with Crippen LogP contribution in [0, 0.1) is 12.8 Å². The van der Waals surface area contributed by atoms with Gasteiger partial charge in [0.05, 0.1) is 12.2 Å². The highest BCUT2D eigenvalue weighted by molar-refractivity contribution is 5.96. The molecule has 1 aliphatic rings. The van der Waals surface area contributed by atoms with Crippen LogP contribution in [0.5, 0.6) is 0 Å². The number of alkyl halides is 3. The fourth-order valence-electron chi connectivity index (χ4n) is 3.50. The van der Waals surface area contributed by atoms with E-state index in [0.717, 1.165) is 36.1 Å². The number of aliphatic hydroxyl groups excluding tert-OH is 1. The molecule has 1 heterocycles. The summed E-state index contributed by atoms with van der Waals surface area (Å²) in [5.74, 6) is -0.0586. The van der Waals surface area contributed by atoms with Gasteiger partial charge in [0.1, 0.15) is 0 Å². The molecule has 0 bridgehead atoms. The van der Waals surface area contributed by atoms with E-state index in [1.807, 2.05) is 24.3 Å². The molecule has 3 rings (SSSR count). The van der Waals surface area contributed by atoms with Gasteiger partial charge in [-0.25, -0.2) is 0 Å². The monoisotopic (exact) mass is 377 g/mol. The minimum absolute atomic E-state index is 0.00231. The topological polar surface area (TPSA) is 40.5 Å². The first-order chi connectivity index (χ1) is 12.8. The zero-order valence-corrected chi connectivity index (χ0v) is 15.1. The average Bonchev–Trinajstić information content (AvgIpc) is 3.09. The normalized spacial score (nSPS) is 17.4. The molecule has 1 fully saturated rings. The summed E-state index contributed by atoms with van der Waals surface area (Å²) in [5.41, 5.74) is 1.86. The van der Waals surface area contributed by atoms with Crippen LogP contribution in [0.25, 0.3) is 0 Å². The third kappa shape index (κ3) is 4.50. The fraction of sp³-hybridized carbons (Fsp3) is 0.381. The molecule has 1 atom stereocenters. The van der Waals surface area contributed by atoms with Gasteiger partial charge in [-0.1, -0.05) is 30.3 Å². The molecule has 1 aliphatic heterocycles. The molecule has 144 valence electrons. The Morgan fingerprint density at radius 2 is 1.81 bits per heavy atom. The van der Waals surface area contributed by atoms with E-state index in [9.17, 15) is 18.0 Å². The van der Waals surface area contributed by atoms with Gasteiger partial charge in [0.2, 0.25) is 0 Å². The van der Waals surface area contributed by atoms with Crippen molar-refractivity contribution < 1.29 is 23.1 Å². The molecule has 1 unspecified atom stereocenters. The highest BCUT2D eigenvalue weighted by Gasteiger charge is 2.33. The molecule has 0 saturated carbocycles. The predicted octanol–water partition coefficient (Wildman–Crippen LogP) is 4.21. The molecule has 27 heavy (non-hydrogen) atoms. The van der Waals surface area contributed by atoms with Crippen molar-refractivity contribution in [3.05, 3.63) is 70.3 Å². The van der Waals surface area contributed by atoms with Gasteiger partial charge in [0.15, 0.2) is 0 Å². The van der Waals surface area contributed by atoms with Crippen LogP contribution in [0.3, 0.4) is 0 Å². The number of carbonyl (C=O) groups is 1. The molecule has 0 aliphatic carbocycles. The maximum absolute atomic E-state index is 13.0. The first-order valence-corrected chi connectivity index (χ1v) is 8.93. The lowest BCUT2D eigenvalue weighted by molar-refractivity contribution is -0.137. The third-order valence-electron chi connectivity index (χ3n) is 5.10. The summed E-state index contributed by atoms with van der Waals surface area (Å²) >= 11 is 0. The Morgan fingerprint density at radius 3 is 2.44 bits per heavy atom. The summed E-state index contributed by atoms with van der Waals surface area (Å²) in [7, 11) is 0. The van der Waals surface area contributed by atoms with Gasteiger partial charge in [0, 0.05) is 18.7 Å². The van der Waals surface area contributed by atoms with Crippen molar-refractivity contribution in [3.8, 4) is 0 Å². The van der Waals surface area contributed by atoms with E-state index in [-0.39, 0.29) is 24.0 Å². The Bertz CT molecular complexity index is 815. The minimum Gasteiger partial charge on any atom is -0.392 e. The smallest absolute Gasteiger partial charge is 0.392 e. The number of rotatable bonds is 4. The van der Waals surface area contributed by atoms with Crippen LogP contribution in [-0.4, -0.2) is 29.0 Å². The van der Waals surface area contributed by atoms with Crippen LogP contribution in [0.15, 0.2) is 42.5 Å². The second kappa shape index (κ2) is 7.72. The van der Waals surface area contributed by atoms with Crippen LogP contribution < -0.4 is 0 Å². The predicted molar refractivity (Wildman–Crippen MR) is 96.3 cm³/mol. The van der Waals surface area contributed by atoms with E-state index in [0.29, 0.717) is 18.7 Å². The molecule has 2 aromatic carbocycles. The number of hydrogen-bond donors (Lipinski definition) is 1. The molecule has 1 amide bonds. The van der Waals surface area contributed by atoms with Gasteiger partial charge in [-0.05, 0) is 54.5 Å². The summed E-state index contributed by atoms with van der Waals surface area (Å²) in [6, 6.07) is 11.0. The number of halogens is 3.